The van der Waals surface area contributed by atoms with E-state index in [1.807, 2.05) is 12.1 Å². The molecule has 1 saturated heterocycles. The lowest BCUT2D eigenvalue weighted by atomic mass is 10.1. The van der Waals surface area contributed by atoms with E-state index < -0.39 is 0 Å². The number of nitrogens with zero attached hydrogens (tertiary/aromatic N) is 2. The van der Waals surface area contributed by atoms with Crippen LogP contribution in [-0.4, -0.2) is 17.5 Å². The molecule has 0 radical (unpaired) electrons. The summed E-state index contributed by atoms with van der Waals surface area (Å²) in [6.45, 7) is 4.31. The molecular formula is C14H17ClN2. The van der Waals surface area contributed by atoms with Crippen molar-refractivity contribution in [2.24, 2.45) is 0 Å². The van der Waals surface area contributed by atoms with Gasteiger partial charge < -0.3 is 0 Å². The van der Waals surface area contributed by atoms with Crippen molar-refractivity contribution in [3.8, 4) is 6.07 Å². The van der Waals surface area contributed by atoms with Gasteiger partial charge >= 0.3 is 0 Å². The van der Waals surface area contributed by atoms with Crippen molar-refractivity contribution in [1.82, 2.24) is 4.90 Å². The van der Waals surface area contributed by atoms with Crippen LogP contribution < -0.4 is 0 Å². The first kappa shape index (κ1) is 12.4. The zero-order chi connectivity index (χ0) is 12.3. The molecule has 1 aromatic rings. The van der Waals surface area contributed by atoms with Gasteiger partial charge in [0, 0.05) is 17.6 Å². The minimum absolute atomic E-state index is 0.632. The molecule has 0 bridgehead atoms. The lowest BCUT2D eigenvalue weighted by Gasteiger charge is -2.23. The Balaban J connectivity index is 2.11. The zero-order valence-corrected chi connectivity index (χ0v) is 10.9. The predicted octanol–water partition coefficient (Wildman–Crippen LogP) is 3.59. The van der Waals surface area contributed by atoms with Crippen LogP contribution in [-0.2, 0) is 6.54 Å². The minimum atomic E-state index is 0.632. The van der Waals surface area contributed by atoms with Gasteiger partial charge in [0.1, 0.15) is 0 Å². The Morgan fingerprint density at radius 2 is 2.35 bits per heavy atom. The van der Waals surface area contributed by atoms with Crippen molar-refractivity contribution < 1.29 is 0 Å². The van der Waals surface area contributed by atoms with Gasteiger partial charge in [0.05, 0.1) is 11.6 Å². The van der Waals surface area contributed by atoms with Gasteiger partial charge in [-0.2, -0.15) is 5.26 Å². The van der Waals surface area contributed by atoms with E-state index in [4.69, 9.17) is 16.9 Å². The number of nitriles is 1. The van der Waals surface area contributed by atoms with Crippen LogP contribution in [0.15, 0.2) is 18.2 Å². The molecule has 0 N–H and O–H groups in total. The van der Waals surface area contributed by atoms with Crippen LogP contribution in [0.3, 0.4) is 0 Å². The summed E-state index contributed by atoms with van der Waals surface area (Å²) < 4.78 is 0. The second kappa shape index (κ2) is 5.53. The van der Waals surface area contributed by atoms with E-state index in [-0.39, 0.29) is 0 Å². The summed E-state index contributed by atoms with van der Waals surface area (Å²) in [5.41, 5.74) is 1.76. The number of hydrogen-bond donors (Lipinski definition) is 0. The van der Waals surface area contributed by atoms with E-state index in [0.29, 0.717) is 16.6 Å². The molecule has 90 valence electrons. The molecule has 0 saturated carbocycles. The van der Waals surface area contributed by atoms with Crippen LogP contribution >= 0.6 is 11.6 Å². The highest BCUT2D eigenvalue weighted by atomic mass is 35.5. The summed E-state index contributed by atoms with van der Waals surface area (Å²) in [5.74, 6) is 0. The van der Waals surface area contributed by atoms with Crippen molar-refractivity contribution in [2.75, 3.05) is 6.54 Å². The van der Waals surface area contributed by atoms with Crippen LogP contribution in [0.2, 0.25) is 5.02 Å². The Labute approximate surface area is 108 Å². The molecule has 0 amide bonds. The summed E-state index contributed by atoms with van der Waals surface area (Å²) in [7, 11) is 0. The molecule has 1 unspecified atom stereocenters. The number of benzene rings is 1. The van der Waals surface area contributed by atoms with Gasteiger partial charge in [-0.25, -0.2) is 0 Å². The van der Waals surface area contributed by atoms with Gasteiger partial charge in [0.2, 0.25) is 0 Å². The number of halogens is 1. The van der Waals surface area contributed by atoms with Gasteiger partial charge in [-0.05, 0) is 43.5 Å². The monoisotopic (exact) mass is 248 g/mol. The van der Waals surface area contributed by atoms with Crippen molar-refractivity contribution in [1.29, 1.82) is 5.26 Å². The number of rotatable bonds is 3. The average Bonchev–Trinajstić information content (AvgIpc) is 2.79. The summed E-state index contributed by atoms with van der Waals surface area (Å²) in [6, 6.07) is 8.39. The van der Waals surface area contributed by atoms with E-state index >= 15 is 0 Å². The van der Waals surface area contributed by atoms with Gasteiger partial charge in [0.15, 0.2) is 0 Å². The number of likely N-dealkylation sites (tertiary alicyclic amines) is 1. The Bertz CT molecular complexity index is 436. The van der Waals surface area contributed by atoms with E-state index in [1.54, 1.807) is 6.07 Å². The van der Waals surface area contributed by atoms with E-state index in [2.05, 4.69) is 17.9 Å². The minimum Gasteiger partial charge on any atom is -0.296 e. The zero-order valence-electron chi connectivity index (χ0n) is 10.1. The quantitative estimate of drug-likeness (QED) is 0.818. The Morgan fingerprint density at radius 3 is 3.00 bits per heavy atom. The molecule has 0 spiro atoms. The molecule has 2 nitrogen and oxygen atoms in total. The lowest BCUT2D eigenvalue weighted by Crippen LogP contribution is -2.28. The molecule has 17 heavy (non-hydrogen) atoms. The normalized spacial score (nSPS) is 20.4. The topological polar surface area (TPSA) is 27.0 Å². The van der Waals surface area contributed by atoms with Crippen molar-refractivity contribution >= 4 is 11.6 Å². The van der Waals surface area contributed by atoms with E-state index in [1.165, 1.54) is 19.3 Å². The lowest BCUT2D eigenvalue weighted by molar-refractivity contribution is 0.240. The third-order valence-corrected chi connectivity index (χ3v) is 3.88. The molecule has 0 aromatic heterocycles. The Hall–Kier alpha value is -1.04. The second-order valence-electron chi connectivity index (χ2n) is 4.59. The molecule has 1 aliphatic rings. The van der Waals surface area contributed by atoms with Crippen molar-refractivity contribution in [2.45, 2.75) is 38.8 Å². The highest BCUT2D eigenvalue weighted by Crippen LogP contribution is 2.25. The van der Waals surface area contributed by atoms with Gasteiger partial charge in [-0.3, -0.25) is 4.90 Å². The van der Waals surface area contributed by atoms with Crippen LogP contribution in [0.5, 0.6) is 0 Å². The molecule has 2 rings (SSSR count). The maximum atomic E-state index is 8.80. The van der Waals surface area contributed by atoms with Crippen molar-refractivity contribution in [3.63, 3.8) is 0 Å². The molecule has 1 atom stereocenters. The van der Waals surface area contributed by atoms with Crippen LogP contribution in [0.1, 0.15) is 37.3 Å². The third-order valence-electron chi connectivity index (χ3n) is 3.53. The highest BCUT2D eigenvalue weighted by molar-refractivity contribution is 6.31. The fourth-order valence-electron chi connectivity index (χ4n) is 2.53. The summed E-state index contributed by atoms with van der Waals surface area (Å²) >= 11 is 6.20. The molecule has 3 heteroatoms. The van der Waals surface area contributed by atoms with Crippen LogP contribution in [0.4, 0.5) is 0 Å². The first-order chi connectivity index (χ1) is 8.24. The van der Waals surface area contributed by atoms with Gasteiger partial charge in [0.25, 0.3) is 0 Å². The molecule has 1 aliphatic heterocycles. The summed E-state index contributed by atoms with van der Waals surface area (Å²) in [6.07, 6.45) is 3.78. The molecule has 1 fully saturated rings. The van der Waals surface area contributed by atoms with Gasteiger partial charge in [-0.15, -0.1) is 0 Å². The predicted molar refractivity (Wildman–Crippen MR) is 69.9 cm³/mol. The van der Waals surface area contributed by atoms with E-state index in [0.717, 1.165) is 18.7 Å². The maximum Gasteiger partial charge on any atom is 0.0992 e. The molecular weight excluding hydrogens is 232 g/mol. The fourth-order valence-corrected chi connectivity index (χ4v) is 2.77. The second-order valence-corrected chi connectivity index (χ2v) is 5.00. The third kappa shape index (κ3) is 2.80. The summed E-state index contributed by atoms with van der Waals surface area (Å²) in [5, 5.41) is 9.51. The van der Waals surface area contributed by atoms with Crippen LogP contribution in [0, 0.1) is 11.3 Å². The van der Waals surface area contributed by atoms with Gasteiger partial charge in [-0.1, -0.05) is 24.6 Å². The SMILES string of the molecule is CCC1CCCN1Cc1ccc(C#N)cc1Cl. The van der Waals surface area contributed by atoms with Crippen LogP contribution in [0.25, 0.3) is 0 Å². The Kier molecular flexibility index (Phi) is 4.04. The standard InChI is InChI=1S/C14H17ClN2/c1-2-13-4-3-7-17(13)10-12-6-5-11(9-16)8-14(12)15/h5-6,8,13H,2-4,7,10H2,1H3. The highest BCUT2D eigenvalue weighted by Gasteiger charge is 2.23. The molecule has 1 heterocycles. The first-order valence-electron chi connectivity index (χ1n) is 6.17. The smallest absolute Gasteiger partial charge is 0.0992 e. The largest absolute Gasteiger partial charge is 0.296 e. The average molecular weight is 249 g/mol. The molecule has 1 aromatic carbocycles. The van der Waals surface area contributed by atoms with Crippen molar-refractivity contribution in [3.05, 3.63) is 34.3 Å². The first-order valence-corrected chi connectivity index (χ1v) is 6.55. The van der Waals surface area contributed by atoms with E-state index in [9.17, 15) is 0 Å². The number of hydrogen-bond acceptors (Lipinski definition) is 2. The fraction of sp³-hybridized carbons (Fsp3) is 0.500. The molecule has 0 aliphatic carbocycles. The summed E-state index contributed by atoms with van der Waals surface area (Å²) in [4.78, 5) is 2.49. The maximum absolute atomic E-state index is 8.80. The Morgan fingerprint density at radius 1 is 1.53 bits per heavy atom.